The predicted molar refractivity (Wildman–Crippen MR) is 71.5 cm³/mol. The van der Waals surface area contributed by atoms with E-state index in [9.17, 15) is 0 Å². The molecule has 15 heavy (non-hydrogen) atoms. The van der Waals surface area contributed by atoms with Crippen LogP contribution in [0.25, 0.3) is 0 Å². The molecule has 0 radical (unpaired) electrons. The van der Waals surface area contributed by atoms with Crippen LogP contribution in [-0.4, -0.2) is 11.9 Å². The van der Waals surface area contributed by atoms with E-state index < -0.39 is 0 Å². The van der Waals surface area contributed by atoms with Crippen LogP contribution < -0.4 is 0 Å². The summed E-state index contributed by atoms with van der Waals surface area (Å²) in [6.45, 7) is 2.05. The summed E-state index contributed by atoms with van der Waals surface area (Å²) in [5, 5.41) is 6.47. The van der Waals surface area contributed by atoms with Crippen LogP contribution in [0, 0.1) is 0 Å². The van der Waals surface area contributed by atoms with Crippen molar-refractivity contribution in [1.82, 2.24) is 4.90 Å². The van der Waals surface area contributed by atoms with Gasteiger partial charge in [-0.25, -0.2) is 0 Å². The van der Waals surface area contributed by atoms with Gasteiger partial charge < -0.3 is 0 Å². The van der Waals surface area contributed by atoms with Gasteiger partial charge >= 0.3 is 0 Å². The van der Waals surface area contributed by atoms with Gasteiger partial charge in [0.15, 0.2) is 0 Å². The summed E-state index contributed by atoms with van der Waals surface area (Å²) >= 11 is 7.04. The van der Waals surface area contributed by atoms with E-state index in [0.717, 1.165) is 13.1 Å². The molecule has 0 saturated carbocycles. The Bertz CT molecular complexity index is 408. The minimum Gasteiger partial charge on any atom is -0.297 e. The molecule has 0 aliphatic heterocycles. The lowest BCUT2D eigenvalue weighted by molar-refractivity contribution is 0.322. The Morgan fingerprint density at radius 1 is 1.33 bits per heavy atom. The average Bonchev–Trinajstić information content (AvgIpc) is 2.77. The van der Waals surface area contributed by atoms with E-state index in [1.807, 2.05) is 0 Å². The summed E-state index contributed by atoms with van der Waals surface area (Å²) in [6.07, 6.45) is 0. The van der Waals surface area contributed by atoms with Crippen molar-refractivity contribution in [2.45, 2.75) is 13.1 Å². The number of nitrogens with zero attached hydrogens (tertiary/aromatic N) is 1. The number of hydrogen-bond donors (Lipinski definition) is 0. The topological polar surface area (TPSA) is 3.24 Å². The molecule has 0 N–H and O–H groups in total. The molecular formula is C11H12BrNS2. The van der Waals surface area contributed by atoms with E-state index in [0.29, 0.717) is 0 Å². The fraction of sp³-hybridized carbons (Fsp3) is 0.273. The summed E-state index contributed by atoms with van der Waals surface area (Å²) < 4.78 is 1.19. The van der Waals surface area contributed by atoms with Crippen molar-refractivity contribution in [1.29, 1.82) is 0 Å². The normalized spacial score (nSPS) is 11.1. The molecule has 0 bridgehead atoms. The highest BCUT2D eigenvalue weighted by molar-refractivity contribution is 9.10. The molecule has 1 nitrogen and oxygen atoms in total. The first-order valence-electron chi connectivity index (χ1n) is 4.66. The lowest BCUT2D eigenvalue weighted by Crippen LogP contribution is -2.15. The van der Waals surface area contributed by atoms with Crippen LogP contribution in [0.15, 0.2) is 32.7 Å². The van der Waals surface area contributed by atoms with Crippen LogP contribution in [0.1, 0.15) is 10.4 Å². The van der Waals surface area contributed by atoms with Crippen LogP contribution in [0.5, 0.6) is 0 Å². The second-order valence-electron chi connectivity index (χ2n) is 3.54. The van der Waals surface area contributed by atoms with Gasteiger partial charge in [-0.2, -0.15) is 11.3 Å². The van der Waals surface area contributed by atoms with Gasteiger partial charge in [-0.1, -0.05) is 0 Å². The Balaban J connectivity index is 1.90. The lowest BCUT2D eigenvalue weighted by Gasteiger charge is -2.14. The van der Waals surface area contributed by atoms with Crippen molar-refractivity contribution in [3.05, 3.63) is 43.2 Å². The molecule has 0 spiro atoms. The number of rotatable bonds is 4. The molecule has 2 rings (SSSR count). The zero-order chi connectivity index (χ0) is 10.7. The summed E-state index contributed by atoms with van der Waals surface area (Å²) in [5.41, 5.74) is 1.40. The molecule has 0 fully saturated rings. The van der Waals surface area contributed by atoms with Gasteiger partial charge in [-0.3, -0.25) is 4.90 Å². The SMILES string of the molecule is CN(Cc1ccsc1)Cc1cc(Br)cs1. The largest absolute Gasteiger partial charge is 0.297 e. The fourth-order valence-corrected chi connectivity index (χ4v) is 3.64. The molecule has 0 aromatic carbocycles. The molecule has 2 aromatic rings. The van der Waals surface area contributed by atoms with Gasteiger partial charge in [0.1, 0.15) is 0 Å². The van der Waals surface area contributed by atoms with E-state index in [-0.39, 0.29) is 0 Å². The molecule has 2 heterocycles. The average molecular weight is 302 g/mol. The first-order chi connectivity index (χ1) is 7.24. The zero-order valence-corrected chi connectivity index (χ0v) is 11.7. The van der Waals surface area contributed by atoms with Crippen molar-refractivity contribution in [2.24, 2.45) is 0 Å². The number of thiophene rings is 2. The summed E-state index contributed by atoms with van der Waals surface area (Å²) in [6, 6.07) is 4.38. The van der Waals surface area contributed by atoms with Gasteiger partial charge in [0, 0.05) is 27.8 Å². The molecular weight excluding hydrogens is 290 g/mol. The summed E-state index contributed by atoms with van der Waals surface area (Å²) in [5.74, 6) is 0. The standard InChI is InChI=1S/C11H12BrNS2/c1-13(5-9-2-3-14-7-9)6-11-4-10(12)8-15-11/h2-4,7-8H,5-6H2,1H3. The molecule has 2 aromatic heterocycles. The maximum Gasteiger partial charge on any atom is 0.0328 e. The molecule has 0 atom stereocenters. The van der Waals surface area contributed by atoms with Crippen LogP contribution in [0.2, 0.25) is 0 Å². The molecule has 80 valence electrons. The third-order valence-electron chi connectivity index (χ3n) is 2.08. The van der Waals surface area contributed by atoms with Crippen LogP contribution in [0.4, 0.5) is 0 Å². The second kappa shape index (κ2) is 5.25. The highest BCUT2D eigenvalue weighted by Crippen LogP contribution is 2.21. The minimum atomic E-state index is 1.02. The van der Waals surface area contributed by atoms with Crippen molar-refractivity contribution in [3.63, 3.8) is 0 Å². The monoisotopic (exact) mass is 301 g/mol. The Labute approximate surface area is 106 Å². The van der Waals surface area contributed by atoms with Crippen LogP contribution >= 0.6 is 38.6 Å². The van der Waals surface area contributed by atoms with E-state index in [2.05, 4.69) is 56.2 Å². The quantitative estimate of drug-likeness (QED) is 0.818. The van der Waals surface area contributed by atoms with Gasteiger partial charge in [0.2, 0.25) is 0 Å². The molecule has 4 heteroatoms. The Kier molecular flexibility index (Phi) is 3.97. The van der Waals surface area contributed by atoms with E-state index in [1.54, 1.807) is 22.7 Å². The molecule has 0 amide bonds. The fourth-order valence-electron chi connectivity index (χ4n) is 1.45. The van der Waals surface area contributed by atoms with E-state index in [4.69, 9.17) is 0 Å². The first-order valence-corrected chi connectivity index (χ1v) is 7.28. The number of hydrogen-bond acceptors (Lipinski definition) is 3. The van der Waals surface area contributed by atoms with Crippen molar-refractivity contribution in [2.75, 3.05) is 7.05 Å². The van der Waals surface area contributed by atoms with E-state index >= 15 is 0 Å². The maximum atomic E-state index is 3.48. The molecule has 0 saturated heterocycles. The van der Waals surface area contributed by atoms with Crippen LogP contribution in [-0.2, 0) is 13.1 Å². The summed E-state index contributed by atoms with van der Waals surface area (Å²) in [4.78, 5) is 3.74. The van der Waals surface area contributed by atoms with Crippen LogP contribution in [0.3, 0.4) is 0 Å². The highest BCUT2D eigenvalue weighted by atomic mass is 79.9. The van der Waals surface area contributed by atoms with Gasteiger partial charge in [-0.05, 0) is 51.4 Å². The second-order valence-corrected chi connectivity index (χ2v) is 6.23. The Hall–Kier alpha value is -0.160. The lowest BCUT2D eigenvalue weighted by atomic mass is 10.3. The molecule has 0 aliphatic carbocycles. The highest BCUT2D eigenvalue weighted by Gasteiger charge is 2.04. The van der Waals surface area contributed by atoms with Crippen molar-refractivity contribution in [3.8, 4) is 0 Å². The third kappa shape index (κ3) is 3.41. The Morgan fingerprint density at radius 3 is 2.80 bits per heavy atom. The van der Waals surface area contributed by atoms with E-state index in [1.165, 1.54) is 14.9 Å². The van der Waals surface area contributed by atoms with Gasteiger partial charge in [0.05, 0.1) is 0 Å². The van der Waals surface area contributed by atoms with Crippen molar-refractivity contribution >= 4 is 38.6 Å². The summed E-state index contributed by atoms with van der Waals surface area (Å²) in [7, 11) is 2.16. The maximum absolute atomic E-state index is 3.48. The van der Waals surface area contributed by atoms with Gasteiger partial charge in [-0.15, -0.1) is 11.3 Å². The molecule has 0 unspecified atom stereocenters. The first kappa shape index (κ1) is 11.3. The van der Waals surface area contributed by atoms with Crippen molar-refractivity contribution < 1.29 is 0 Å². The zero-order valence-electron chi connectivity index (χ0n) is 8.44. The predicted octanol–water partition coefficient (Wildman–Crippen LogP) is 4.20. The Morgan fingerprint density at radius 2 is 2.20 bits per heavy atom. The third-order valence-corrected chi connectivity index (χ3v) is 4.49. The minimum absolute atomic E-state index is 1.02. The smallest absolute Gasteiger partial charge is 0.0328 e. The number of halogens is 1. The molecule has 0 aliphatic rings. The van der Waals surface area contributed by atoms with Gasteiger partial charge in [0.25, 0.3) is 0 Å².